The van der Waals surface area contributed by atoms with Crippen molar-refractivity contribution in [2.75, 3.05) is 19.0 Å². The van der Waals surface area contributed by atoms with E-state index in [2.05, 4.69) is 5.32 Å². The van der Waals surface area contributed by atoms with Crippen molar-refractivity contribution in [2.45, 2.75) is 20.4 Å². The second kappa shape index (κ2) is 11.7. The number of anilines is 1. The van der Waals surface area contributed by atoms with Crippen LogP contribution < -0.4 is 14.8 Å². The zero-order chi connectivity index (χ0) is 27.4. The van der Waals surface area contributed by atoms with Crippen LogP contribution in [-0.2, 0) is 16.1 Å². The van der Waals surface area contributed by atoms with Crippen molar-refractivity contribution in [3.8, 4) is 11.5 Å². The first-order valence-corrected chi connectivity index (χ1v) is 12.7. The SMILES string of the molecule is COc1cc(/C=C2\SC(=O)N(Cc3c(F)cccc3Cl)C2=O)ccc1OCC(=O)Nc1ccc(C)c(C)c1. The maximum Gasteiger partial charge on any atom is 0.293 e. The lowest BCUT2D eigenvalue weighted by atomic mass is 10.1. The highest BCUT2D eigenvalue weighted by molar-refractivity contribution is 8.18. The van der Waals surface area contributed by atoms with Gasteiger partial charge in [-0.2, -0.15) is 0 Å². The Morgan fingerprint density at radius 1 is 1.08 bits per heavy atom. The van der Waals surface area contributed by atoms with Crippen LogP contribution in [0.15, 0.2) is 59.5 Å². The van der Waals surface area contributed by atoms with Crippen LogP contribution in [0.2, 0.25) is 5.02 Å². The number of ether oxygens (including phenoxy) is 2. The van der Waals surface area contributed by atoms with Gasteiger partial charge in [-0.05, 0) is 84.8 Å². The fraction of sp³-hybridized carbons (Fsp3) is 0.179. The third-order valence-electron chi connectivity index (χ3n) is 5.89. The molecule has 3 amide bonds. The maximum absolute atomic E-state index is 14.2. The van der Waals surface area contributed by atoms with Gasteiger partial charge in [0.15, 0.2) is 18.1 Å². The average molecular weight is 555 g/mol. The number of thioether (sulfide) groups is 1. The molecule has 0 unspecified atom stereocenters. The summed E-state index contributed by atoms with van der Waals surface area (Å²) in [5.41, 5.74) is 3.51. The zero-order valence-corrected chi connectivity index (χ0v) is 22.4. The molecule has 10 heteroatoms. The van der Waals surface area contributed by atoms with Crippen LogP contribution in [0.4, 0.5) is 14.9 Å². The normalized spacial score (nSPS) is 14.2. The molecule has 0 aliphatic carbocycles. The first kappa shape index (κ1) is 27.2. The number of rotatable bonds is 8. The summed E-state index contributed by atoms with van der Waals surface area (Å²) in [6.45, 7) is 3.45. The summed E-state index contributed by atoms with van der Waals surface area (Å²) in [6, 6.07) is 14.7. The lowest BCUT2D eigenvalue weighted by Gasteiger charge is -2.14. The molecule has 3 aromatic rings. The van der Waals surface area contributed by atoms with Gasteiger partial charge in [-0.3, -0.25) is 19.3 Å². The predicted octanol–water partition coefficient (Wildman–Crippen LogP) is 6.36. The first-order chi connectivity index (χ1) is 18.2. The molecule has 196 valence electrons. The van der Waals surface area contributed by atoms with Crippen LogP contribution in [0.5, 0.6) is 11.5 Å². The minimum Gasteiger partial charge on any atom is -0.493 e. The van der Waals surface area contributed by atoms with Crippen molar-refractivity contribution in [1.82, 2.24) is 4.90 Å². The molecule has 1 heterocycles. The standard InChI is InChI=1S/C28H24ClFN2O5S/c1-16-7-9-19(11-17(16)2)31-26(33)15-37-23-10-8-18(12-24(23)36-3)13-25-27(34)32(28(35)38-25)14-20-21(29)5-4-6-22(20)30/h4-13H,14-15H2,1-3H3,(H,31,33)/b25-13-. The Balaban J connectivity index is 1.43. The van der Waals surface area contributed by atoms with Gasteiger partial charge >= 0.3 is 0 Å². The number of methoxy groups -OCH3 is 1. The summed E-state index contributed by atoms with van der Waals surface area (Å²) in [6.07, 6.45) is 1.53. The van der Waals surface area contributed by atoms with Gasteiger partial charge in [0, 0.05) is 16.3 Å². The highest BCUT2D eigenvalue weighted by atomic mass is 35.5. The molecular weight excluding hydrogens is 531 g/mol. The summed E-state index contributed by atoms with van der Waals surface area (Å²) in [7, 11) is 1.45. The zero-order valence-electron chi connectivity index (χ0n) is 20.8. The number of nitrogens with one attached hydrogen (secondary N) is 1. The minimum absolute atomic E-state index is 0.0717. The van der Waals surface area contributed by atoms with E-state index in [1.165, 1.54) is 31.4 Å². The van der Waals surface area contributed by atoms with Crippen LogP contribution in [-0.4, -0.2) is 35.7 Å². The Labute approximate surface area is 228 Å². The van der Waals surface area contributed by atoms with E-state index in [1.807, 2.05) is 32.0 Å². The fourth-order valence-electron chi connectivity index (χ4n) is 3.68. The number of hydrogen-bond acceptors (Lipinski definition) is 6. The second-order valence-corrected chi connectivity index (χ2v) is 9.91. The van der Waals surface area contributed by atoms with Gasteiger partial charge < -0.3 is 14.8 Å². The molecule has 0 saturated carbocycles. The Kier molecular flexibility index (Phi) is 8.38. The van der Waals surface area contributed by atoms with Crippen LogP contribution in [0, 0.1) is 19.7 Å². The van der Waals surface area contributed by atoms with Crippen LogP contribution in [0.3, 0.4) is 0 Å². The molecule has 0 aromatic heterocycles. The molecular formula is C28H24ClFN2O5S. The number of benzene rings is 3. The summed E-state index contributed by atoms with van der Waals surface area (Å²) in [5, 5.41) is 2.40. The van der Waals surface area contributed by atoms with E-state index < -0.39 is 17.0 Å². The number of aryl methyl sites for hydroxylation is 2. The molecule has 38 heavy (non-hydrogen) atoms. The summed E-state index contributed by atoms with van der Waals surface area (Å²) in [5.74, 6) is -0.801. The summed E-state index contributed by atoms with van der Waals surface area (Å²) in [4.78, 5) is 38.8. The molecule has 0 bridgehead atoms. The fourth-order valence-corrected chi connectivity index (χ4v) is 4.74. The van der Waals surface area contributed by atoms with Gasteiger partial charge in [-0.25, -0.2) is 4.39 Å². The minimum atomic E-state index is -0.594. The molecule has 1 saturated heterocycles. The molecule has 1 aliphatic rings. The van der Waals surface area contributed by atoms with E-state index in [1.54, 1.807) is 18.2 Å². The first-order valence-electron chi connectivity index (χ1n) is 11.5. The molecule has 0 radical (unpaired) electrons. The monoisotopic (exact) mass is 554 g/mol. The third-order valence-corrected chi connectivity index (χ3v) is 7.15. The topological polar surface area (TPSA) is 84.9 Å². The molecule has 1 N–H and O–H groups in total. The van der Waals surface area contributed by atoms with E-state index in [4.69, 9.17) is 21.1 Å². The maximum atomic E-state index is 14.2. The van der Waals surface area contributed by atoms with Crippen LogP contribution in [0.1, 0.15) is 22.3 Å². The van der Waals surface area contributed by atoms with E-state index in [0.29, 0.717) is 22.7 Å². The lowest BCUT2D eigenvalue weighted by Crippen LogP contribution is -2.28. The molecule has 7 nitrogen and oxygen atoms in total. The Bertz CT molecular complexity index is 1440. The smallest absolute Gasteiger partial charge is 0.293 e. The molecule has 1 fully saturated rings. The van der Waals surface area contributed by atoms with Crippen molar-refractivity contribution < 1.29 is 28.2 Å². The van der Waals surface area contributed by atoms with Crippen molar-refractivity contribution in [2.24, 2.45) is 0 Å². The lowest BCUT2D eigenvalue weighted by molar-refractivity contribution is -0.123. The van der Waals surface area contributed by atoms with Crippen LogP contribution >= 0.6 is 23.4 Å². The van der Waals surface area contributed by atoms with Crippen molar-refractivity contribution >= 4 is 52.2 Å². The van der Waals surface area contributed by atoms with Crippen molar-refractivity contribution in [3.63, 3.8) is 0 Å². The number of imide groups is 1. The molecule has 3 aromatic carbocycles. The number of carbonyl (C=O) groups is 3. The predicted molar refractivity (Wildman–Crippen MR) is 146 cm³/mol. The van der Waals surface area contributed by atoms with Gasteiger partial charge in [0.1, 0.15) is 5.82 Å². The third kappa shape index (κ3) is 6.17. The molecule has 4 rings (SSSR count). The number of amides is 3. The highest BCUT2D eigenvalue weighted by Crippen LogP contribution is 2.36. The largest absolute Gasteiger partial charge is 0.493 e. The van der Waals surface area contributed by atoms with E-state index in [9.17, 15) is 18.8 Å². The van der Waals surface area contributed by atoms with E-state index in [-0.39, 0.29) is 34.6 Å². The van der Waals surface area contributed by atoms with Gasteiger partial charge in [0.05, 0.1) is 18.6 Å². The number of hydrogen-bond donors (Lipinski definition) is 1. The Hall–Kier alpha value is -3.82. The molecule has 1 aliphatic heterocycles. The van der Waals surface area contributed by atoms with Gasteiger partial charge in [0.2, 0.25) is 0 Å². The van der Waals surface area contributed by atoms with E-state index in [0.717, 1.165) is 27.8 Å². The Morgan fingerprint density at radius 2 is 1.87 bits per heavy atom. The summed E-state index contributed by atoms with van der Waals surface area (Å²) >= 11 is 6.80. The van der Waals surface area contributed by atoms with Crippen molar-refractivity contribution in [1.29, 1.82) is 0 Å². The average Bonchev–Trinajstić information content (AvgIpc) is 3.14. The van der Waals surface area contributed by atoms with Gasteiger partial charge in [-0.15, -0.1) is 0 Å². The number of nitrogens with zero attached hydrogens (tertiary/aromatic N) is 1. The number of carbonyl (C=O) groups excluding carboxylic acids is 3. The van der Waals surface area contributed by atoms with Crippen molar-refractivity contribution in [3.05, 3.63) is 92.6 Å². The Morgan fingerprint density at radius 3 is 2.58 bits per heavy atom. The van der Waals surface area contributed by atoms with Gasteiger partial charge in [0.25, 0.3) is 17.1 Å². The molecule has 0 spiro atoms. The van der Waals surface area contributed by atoms with Gasteiger partial charge in [-0.1, -0.05) is 29.8 Å². The molecule has 0 atom stereocenters. The number of halogens is 2. The summed E-state index contributed by atoms with van der Waals surface area (Å²) < 4.78 is 25.2. The highest BCUT2D eigenvalue weighted by Gasteiger charge is 2.36. The quantitative estimate of drug-likeness (QED) is 0.326. The second-order valence-electron chi connectivity index (χ2n) is 8.51. The van der Waals surface area contributed by atoms with E-state index >= 15 is 0 Å². The van der Waals surface area contributed by atoms with Crippen LogP contribution in [0.25, 0.3) is 6.08 Å².